The third-order valence-corrected chi connectivity index (χ3v) is 1.81. The summed E-state index contributed by atoms with van der Waals surface area (Å²) in [4.78, 5) is 15.1. The standard InChI is InChI=1S/C10H15N3O/c1-7(11)5-13-10-3-4-12-6-9(10)8(2)14/h3-4,6-7H,5,11H2,1-2H3,(H,12,13). The largest absolute Gasteiger partial charge is 0.383 e. The molecule has 4 nitrogen and oxygen atoms in total. The van der Waals surface area contributed by atoms with Gasteiger partial charge in [-0.15, -0.1) is 0 Å². The Kier molecular flexibility index (Phi) is 3.59. The molecule has 0 fully saturated rings. The molecule has 1 aromatic rings. The van der Waals surface area contributed by atoms with Gasteiger partial charge in [0.15, 0.2) is 5.78 Å². The summed E-state index contributed by atoms with van der Waals surface area (Å²) in [7, 11) is 0. The van der Waals surface area contributed by atoms with E-state index in [1.54, 1.807) is 18.5 Å². The second kappa shape index (κ2) is 4.72. The van der Waals surface area contributed by atoms with Crippen molar-refractivity contribution in [3.8, 4) is 0 Å². The smallest absolute Gasteiger partial charge is 0.163 e. The van der Waals surface area contributed by atoms with Crippen LogP contribution >= 0.6 is 0 Å². The van der Waals surface area contributed by atoms with Gasteiger partial charge in [0.1, 0.15) is 0 Å². The molecule has 0 radical (unpaired) electrons. The van der Waals surface area contributed by atoms with E-state index in [4.69, 9.17) is 5.73 Å². The molecule has 3 N–H and O–H groups in total. The quantitative estimate of drug-likeness (QED) is 0.701. The minimum atomic E-state index is 0.00488. The van der Waals surface area contributed by atoms with Crippen LogP contribution in [-0.2, 0) is 0 Å². The monoisotopic (exact) mass is 193 g/mol. The van der Waals surface area contributed by atoms with Crippen molar-refractivity contribution in [3.05, 3.63) is 24.0 Å². The molecule has 1 atom stereocenters. The number of Topliss-reactive ketones (excluding diaryl/α,β-unsaturated/α-hetero) is 1. The molecule has 1 rings (SSSR count). The molecule has 0 saturated heterocycles. The van der Waals surface area contributed by atoms with Gasteiger partial charge in [-0.1, -0.05) is 0 Å². The lowest BCUT2D eigenvalue weighted by molar-refractivity contribution is 0.101. The van der Waals surface area contributed by atoms with E-state index in [2.05, 4.69) is 10.3 Å². The normalized spacial score (nSPS) is 12.2. The Morgan fingerprint density at radius 3 is 3.00 bits per heavy atom. The van der Waals surface area contributed by atoms with Crippen LogP contribution in [0.4, 0.5) is 5.69 Å². The van der Waals surface area contributed by atoms with E-state index in [-0.39, 0.29) is 11.8 Å². The summed E-state index contributed by atoms with van der Waals surface area (Å²) in [5, 5.41) is 3.11. The fraction of sp³-hybridized carbons (Fsp3) is 0.400. The lowest BCUT2D eigenvalue weighted by Crippen LogP contribution is -2.25. The molecule has 0 bridgehead atoms. The molecule has 0 spiro atoms. The lowest BCUT2D eigenvalue weighted by atomic mass is 10.1. The molecular formula is C10H15N3O. The van der Waals surface area contributed by atoms with Crippen LogP contribution in [0.2, 0.25) is 0 Å². The Labute approximate surface area is 83.5 Å². The summed E-state index contributed by atoms with van der Waals surface area (Å²) in [5.74, 6) is 0.00488. The van der Waals surface area contributed by atoms with Crippen molar-refractivity contribution >= 4 is 11.5 Å². The minimum absolute atomic E-state index is 0.00488. The van der Waals surface area contributed by atoms with Crippen molar-refractivity contribution in [1.29, 1.82) is 0 Å². The van der Waals surface area contributed by atoms with Crippen LogP contribution in [0.5, 0.6) is 0 Å². The number of carbonyl (C=O) groups is 1. The molecule has 1 unspecified atom stereocenters. The van der Waals surface area contributed by atoms with Crippen LogP contribution in [-0.4, -0.2) is 23.4 Å². The predicted octanol–water partition coefficient (Wildman–Crippen LogP) is 1.04. The second-order valence-corrected chi connectivity index (χ2v) is 3.34. The Bertz CT molecular complexity index is 323. The first kappa shape index (κ1) is 10.7. The molecule has 0 saturated carbocycles. The number of carbonyl (C=O) groups excluding carboxylic acids is 1. The maximum atomic E-state index is 11.2. The molecule has 0 aromatic carbocycles. The third kappa shape index (κ3) is 2.81. The summed E-state index contributed by atoms with van der Waals surface area (Å²) in [6.07, 6.45) is 3.21. The van der Waals surface area contributed by atoms with Crippen LogP contribution in [0, 0.1) is 0 Å². The number of nitrogens with zero attached hydrogens (tertiary/aromatic N) is 1. The van der Waals surface area contributed by atoms with Gasteiger partial charge >= 0.3 is 0 Å². The minimum Gasteiger partial charge on any atom is -0.383 e. The maximum Gasteiger partial charge on any atom is 0.163 e. The van der Waals surface area contributed by atoms with E-state index in [1.165, 1.54) is 6.92 Å². The Balaban J connectivity index is 2.79. The Morgan fingerprint density at radius 1 is 1.71 bits per heavy atom. The lowest BCUT2D eigenvalue weighted by Gasteiger charge is -2.11. The summed E-state index contributed by atoms with van der Waals surface area (Å²) in [6, 6.07) is 1.84. The molecule has 14 heavy (non-hydrogen) atoms. The molecule has 0 aliphatic heterocycles. The number of pyridine rings is 1. The number of ketones is 1. The van der Waals surface area contributed by atoms with E-state index < -0.39 is 0 Å². The number of nitrogens with one attached hydrogen (secondary N) is 1. The first-order valence-corrected chi connectivity index (χ1v) is 4.55. The van der Waals surface area contributed by atoms with Crippen molar-refractivity contribution in [1.82, 2.24) is 4.98 Å². The van der Waals surface area contributed by atoms with Crippen LogP contribution < -0.4 is 11.1 Å². The van der Waals surface area contributed by atoms with E-state index in [9.17, 15) is 4.79 Å². The highest BCUT2D eigenvalue weighted by molar-refractivity contribution is 5.99. The maximum absolute atomic E-state index is 11.2. The van der Waals surface area contributed by atoms with Crippen molar-refractivity contribution in [3.63, 3.8) is 0 Å². The second-order valence-electron chi connectivity index (χ2n) is 3.34. The van der Waals surface area contributed by atoms with Gasteiger partial charge in [-0.2, -0.15) is 0 Å². The molecule has 1 heterocycles. The van der Waals surface area contributed by atoms with Gasteiger partial charge in [0.05, 0.1) is 5.56 Å². The predicted molar refractivity (Wildman–Crippen MR) is 56.4 cm³/mol. The number of hydrogen-bond acceptors (Lipinski definition) is 4. The van der Waals surface area contributed by atoms with E-state index >= 15 is 0 Å². The Morgan fingerprint density at radius 2 is 2.43 bits per heavy atom. The first-order chi connectivity index (χ1) is 6.61. The molecule has 1 aromatic heterocycles. The van der Waals surface area contributed by atoms with Crippen LogP contribution in [0.3, 0.4) is 0 Å². The zero-order chi connectivity index (χ0) is 10.6. The zero-order valence-corrected chi connectivity index (χ0v) is 8.45. The van der Waals surface area contributed by atoms with Gasteiger partial charge in [0.25, 0.3) is 0 Å². The van der Waals surface area contributed by atoms with E-state index in [0.29, 0.717) is 12.1 Å². The van der Waals surface area contributed by atoms with E-state index in [0.717, 1.165) is 5.69 Å². The van der Waals surface area contributed by atoms with Gasteiger partial charge in [0.2, 0.25) is 0 Å². The summed E-state index contributed by atoms with van der Waals surface area (Å²) < 4.78 is 0. The number of hydrogen-bond donors (Lipinski definition) is 2. The molecule has 4 heteroatoms. The molecule has 0 aliphatic carbocycles. The molecule has 0 aliphatic rings. The van der Waals surface area contributed by atoms with Crippen LogP contribution in [0.15, 0.2) is 18.5 Å². The zero-order valence-electron chi connectivity index (χ0n) is 8.45. The fourth-order valence-corrected chi connectivity index (χ4v) is 1.10. The topological polar surface area (TPSA) is 68.0 Å². The number of nitrogens with two attached hydrogens (primary N) is 1. The number of anilines is 1. The average molecular weight is 193 g/mol. The van der Waals surface area contributed by atoms with Gasteiger partial charge < -0.3 is 11.1 Å². The SMILES string of the molecule is CC(=O)c1cnccc1NCC(C)N. The molecule has 76 valence electrons. The highest BCUT2D eigenvalue weighted by Crippen LogP contribution is 2.13. The van der Waals surface area contributed by atoms with Crippen molar-refractivity contribution in [2.75, 3.05) is 11.9 Å². The first-order valence-electron chi connectivity index (χ1n) is 4.55. The fourth-order valence-electron chi connectivity index (χ4n) is 1.10. The van der Waals surface area contributed by atoms with Gasteiger partial charge in [-0.25, -0.2) is 0 Å². The number of aromatic nitrogens is 1. The highest BCUT2D eigenvalue weighted by Gasteiger charge is 2.06. The highest BCUT2D eigenvalue weighted by atomic mass is 16.1. The average Bonchev–Trinajstić information content (AvgIpc) is 2.15. The third-order valence-electron chi connectivity index (χ3n) is 1.81. The summed E-state index contributed by atoms with van der Waals surface area (Å²) >= 11 is 0. The van der Waals surface area contributed by atoms with E-state index in [1.807, 2.05) is 6.92 Å². The Hall–Kier alpha value is -1.42. The van der Waals surface area contributed by atoms with Crippen molar-refractivity contribution in [2.45, 2.75) is 19.9 Å². The number of rotatable bonds is 4. The van der Waals surface area contributed by atoms with Crippen LogP contribution in [0.1, 0.15) is 24.2 Å². The van der Waals surface area contributed by atoms with Gasteiger partial charge in [-0.3, -0.25) is 9.78 Å². The van der Waals surface area contributed by atoms with Crippen molar-refractivity contribution < 1.29 is 4.79 Å². The van der Waals surface area contributed by atoms with Gasteiger partial charge in [-0.05, 0) is 19.9 Å². The van der Waals surface area contributed by atoms with Gasteiger partial charge in [0, 0.05) is 30.7 Å². The summed E-state index contributed by atoms with van der Waals surface area (Å²) in [5.41, 5.74) is 7.00. The molecular weight excluding hydrogens is 178 g/mol. The van der Waals surface area contributed by atoms with Crippen molar-refractivity contribution in [2.24, 2.45) is 5.73 Å². The van der Waals surface area contributed by atoms with Crippen LogP contribution in [0.25, 0.3) is 0 Å². The molecule has 0 amide bonds. The summed E-state index contributed by atoms with van der Waals surface area (Å²) in [6.45, 7) is 4.07.